The van der Waals surface area contributed by atoms with Crippen LogP contribution in [0.4, 0.5) is 5.69 Å². The molecule has 158 valence electrons. The number of furan rings is 1. The van der Waals surface area contributed by atoms with Crippen molar-refractivity contribution in [3.8, 4) is 0 Å². The first-order valence-corrected chi connectivity index (χ1v) is 10.8. The molecule has 2 aromatic heterocycles. The molecule has 31 heavy (non-hydrogen) atoms. The molecule has 9 heteroatoms. The molecule has 0 aliphatic heterocycles. The van der Waals surface area contributed by atoms with Crippen molar-refractivity contribution in [2.45, 2.75) is 18.4 Å². The Bertz CT molecular complexity index is 1400. The van der Waals surface area contributed by atoms with Crippen LogP contribution in [0.1, 0.15) is 21.7 Å². The van der Waals surface area contributed by atoms with Gasteiger partial charge in [0.05, 0.1) is 17.7 Å². The molecule has 0 spiro atoms. The molecule has 0 fully saturated rings. The van der Waals surface area contributed by atoms with Gasteiger partial charge in [-0.05, 0) is 61.0 Å². The van der Waals surface area contributed by atoms with Crippen LogP contribution in [0.5, 0.6) is 0 Å². The largest absolute Gasteiger partial charge is 0.468 e. The molecule has 4 aromatic rings. The van der Waals surface area contributed by atoms with Gasteiger partial charge < -0.3 is 14.2 Å². The third-order valence-corrected chi connectivity index (χ3v) is 6.07. The predicted molar refractivity (Wildman–Crippen MR) is 114 cm³/mol. The van der Waals surface area contributed by atoms with E-state index < -0.39 is 21.6 Å². The molecule has 0 saturated heterocycles. The van der Waals surface area contributed by atoms with Crippen molar-refractivity contribution in [3.05, 3.63) is 94.2 Å². The van der Waals surface area contributed by atoms with Crippen LogP contribution in [0.15, 0.2) is 85.5 Å². The highest BCUT2D eigenvalue weighted by atomic mass is 32.2. The van der Waals surface area contributed by atoms with E-state index in [1.165, 1.54) is 36.6 Å². The van der Waals surface area contributed by atoms with Gasteiger partial charge in [0.25, 0.3) is 5.91 Å². The maximum absolute atomic E-state index is 12.5. The zero-order valence-corrected chi connectivity index (χ0v) is 17.2. The van der Waals surface area contributed by atoms with E-state index in [2.05, 4.69) is 10.0 Å². The van der Waals surface area contributed by atoms with Gasteiger partial charge in [-0.1, -0.05) is 0 Å². The average molecular weight is 438 g/mol. The summed E-state index contributed by atoms with van der Waals surface area (Å²) in [7, 11) is -3.75. The summed E-state index contributed by atoms with van der Waals surface area (Å²) in [5, 5.41) is 3.49. The zero-order valence-electron chi connectivity index (χ0n) is 16.4. The summed E-state index contributed by atoms with van der Waals surface area (Å²) in [6, 6.07) is 15.3. The van der Waals surface area contributed by atoms with E-state index >= 15 is 0 Å². The fourth-order valence-electron chi connectivity index (χ4n) is 3.05. The quantitative estimate of drug-likeness (QED) is 0.445. The lowest BCUT2D eigenvalue weighted by atomic mass is 10.1. The van der Waals surface area contributed by atoms with Gasteiger partial charge in [0.15, 0.2) is 0 Å². The molecule has 2 aromatic carbocycles. The van der Waals surface area contributed by atoms with Crippen LogP contribution in [0, 0.1) is 6.92 Å². The van der Waals surface area contributed by atoms with E-state index in [0.717, 1.165) is 10.9 Å². The molecule has 0 saturated carbocycles. The molecule has 0 radical (unpaired) electrons. The summed E-state index contributed by atoms with van der Waals surface area (Å²) < 4.78 is 37.5. The number of nitrogens with one attached hydrogen (secondary N) is 2. The molecular formula is C22H18N2O6S. The molecular weight excluding hydrogens is 420 g/mol. The number of aryl methyl sites for hydroxylation is 1. The van der Waals surface area contributed by atoms with Crippen molar-refractivity contribution in [1.29, 1.82) is 0 Å². The van der Waals surface area contributed by atoms with Gasteiger partial charge >= 0.3 is 5.63 Å². The minimum Gasteiger partial charge on any atom is -0.468 e. The van der Waals surface area contributed by atoms with Crippen molar-refractivity contribution in [2.24, 2.45) is 0 Å². The first kappa shape index (κ1) is 20.6. The van der Waals surface area contributed by atoms with Gasteiger partial charge in [-0.25, -0.2) is 17.9 Å². The first-order valence-electron chi connectivity index (χ1n) is 9.30. The summed E-state index contributed by atoms with van der Waals surface area (Å²) in [6.07, 6.45) is 1.46. The average Bonchev–Trinajstić information content (AvgIpc) is 3.26. The van der Waals surface area contributed by atoms with Gasteiger partial charge in [-0.3, -0.25) is 4.79 Å². The number of hydrogen-bond donors (Lipinski definition) is 2. The number of carbonyl (C=O) groups excluding carboxylic acids is 1. The molecule has 0 atom stereocenters. The highest BCUT2D eigenvalue weighted by molar-refractivity contribution is 7.89. The van der Waals surface area contributed by atoms with E-state index in [1.54, 1.807) is 37.3 Å². The standard InChI is InChI=1S/C22H18N2O6S/c1-14-11-21(25)30-20-12-16(6-9-19(14)20)24-22(26)15-4-7-18(8-5-15)31(27,28)23-13-17-3-2-10-29-17/h2-12,23H,13H2,1H3,(H,24,26). The minimum absolute atomic E-state index is 0.0230. The Morgan fingerprint density at radius 1 is 1.03 bits per heavy atom. The Morgan fingerprint density at radius 3 is 2.52 bits per heavy atom. The molecule has 2 heterocycles. The van der Waals surface area contributed by atoms with Gasteiger partial charge in [0.2, 0.25) is 10.0 Å². The molecule has 4 rings (SSSR count). The summed E-state index contributed by atoms with van der Waals surface area (Å²) in [4.78, 5) is 24.1. The van der Waals surface area contributed by atoms with Crippen LogP contribution < -0.4 is 15.7 Å². The maximum Gasteiger partial charge on any atom is 0.336 e. The van der Waals surface area contributed by atoms with E-state index in [9.17, 15) is 18.0 Å². The Balaban J connectivity index is 1.48. The SMILES string of the molecule is Cc1cc(=O)oc2cc(NC(=O)c3ccc(S(=O)(=O)NCc4ccco4)cc3)ccc12. The second kappa shape index (κ2) is 8.21. The smallest absolute Gasteiger partial charge is 0.336 e. The lowest BCUT2D eigenvalue weighted by Gasteiger charge is -2.09. The van der Waals surface area contributed by atoms with Crippen molar-refractivity contribution >= 4 is 32.6 Å². The number of sulfonamides is 1. The third kappa shape index (κ3) is 4.57. The number of benzene rings is 2. The van der Waals surface area contributed by atoms with E-state index in [1.807, 2.05) is 0 Å². The maximum atomic E-state index is 12.5. The number of rotatable bonds is 6. The summed E-state index contributed by atoms with van der Waals surface area (Å²) in [6.45, 7) is 1.83. The molecule has 8 nitrogen and oxygen atoms in total. The Labute approximate surface area is 177 Å². The van der Waals surface area contributed by atoms with Crippen LogP contribution in [0.3, 0.4) is 0 Å². The normalized spacial score (nSPS) is 11.5. The highest BCUT2D eigenvalue weighted by Crippen LogP contribution is 2.21. The molecule has 0 aliphatic carbocycles. The van der Waals surface area contributed by atoms with Gasteiger partial charge in [0, 0.05) is 28.8 Å². The third-order valence-electron chi connectivity index (χ3n) is 4.65. The number of fused-ring (bicyclic) bond motifs is 1. The summed E-state index contributed by atoms with van der Waals surface area (Å²) in [5.74, 6) is 0.0582. The van der Waals surface area contributed by atoms with Crippen molar-refractivity contribution in [2.75, 3.05) is 5.32 Å². The summed E-state index contributed by atoms with van der Waals surface area (Å²) in [5.41, 5.74) is 1.40. The fourth-order valence-corrected chi connectivity index (χ4v) is 4.05. The molecule has 0 unspecified atom stereocenters. The van der Waals surface area contributed by atoms with Crippen LogP contribution in [-0.2, 0) is 16.6 Å². The fraction of sp³-hybridized carbons (Fsp3) is 0.0909. The lowest BCUT2D eigenvalue weighted by Crippen LogP contribution is -2.23. The topological polar surface area (TPSA) is 119 Å². The Morgan fingerprint density at radius 2 is 1.81 bits per heavy atom. The van der Waals surface area contributed by atoms with E-state index in [4.69, 9.17) is 8.83 Å². The van der Waals surface area contributed by atoms with Crippen LogP contribution in [0.25, 0.3) is 11.0 Å². The van der Waals surface area contributed by atoms with Crippen LogP contribution in [0.2, 0.25) is 0 Å². The number of anilines is 1. The molecule has 1 amide bonds. The molecule has 2 N–H and O–H groups in total. The molecule has 0 aliphatic rings. The minimum atomic E-state index is -3.75. The monoisotopic (exact) mass is 438 g/mol. The number of carbonyl (C=O) groups is 1. The van der Waals surface area contributed by atoms with Crippen molar-refractivity contribution in [3.63, 3.8) is 0 Å². The number of hydrogen-bond acceptors (Lipinski definition) is 6. The van der Waals surface area contributed by atoms with E-state index in [0.29, 0.717) is 17.0 Å². The second-order valence-electron chi connectivity index (χ2n) is 6.84. The zero-order chi connectivity index (χ0) is 22.0. The van der Waals surface area contributed by atoms with Crippen LogP contribution >= 0.6 is 0 Å². The molecule has 0 bridgehead atoms. The second-order valence-corrected chi connectivity index (χ2v) is 8.61. The predicted octanol–water partition coefficient (Wildman–Crippen LogP) is 3.43. The van der Waals surface area contributed by atoms with Crippen LogP contribution in [-0.4, -0.2) is 14.3 Å². The van der Waals surface area contributed by atoms with Gasteiger partial charge in [0.1, 0.15) is 11.3 Å². The van der Waals surface area contributed by atoms with Crippen molar-refractivity contribution in [1.82, 2.24) is 4.72 Å². The van der Waals surface area contributed by atoms with E-state index in [-0.39, 0.29) is 17.0 Å². The first-order chi connectivity index (χ1) is 14.8. The van der Waals surface area contributed by atoms with Gasteiger partial charge in [-0.15, -0.1) is 0 Å². The highest BCUT2D eigenvalue weighted by Gasteiger charge is 2.16. The Hall–Kier alpha value is -3.69. The van der Waals surface area contributed by atoms with Gasteiger partial charge in [-0.2, -0.15) is 0 Å². The lowest BCUT2D eigenvalue weighted by molar-refractivity contribution is 0.102. The Kier molecular flexibility index (Phi) is 5.45. The number of amides is 1. The van der Waals surface area contributed by atoms with Crippen molar-refractivity contribution < 1.29 is 22.0 Å². The summed E-state index contributed by atoms with van der Waals surface area (Å²) >= 11 is 0.